The van der Waals surface area contributed by atoms with Crippen LogP contribution in [0.2, 0.25) is 0 Å². The third kappa shape index (κ3) is 3.34. The molecule has 0 heterocycles. The molecule has 2 fully saturated rings. The van der Waals surface area contributed by atoms with Crippen LogP contribution in [0.25, 0.3) is 0 Å². The molecule has 4 heteroatoms. The molecule has 4 nitrogen and oxygen atoms in total. The lowest BCUT2D eigenvalue weighted by Crippen LogP contribution is -2.61. The van der Waals surface area contributed by atoms with Gasteiger partial charge < -0.3 is 15.3 Å². The zero-order chi connectivity index (χ0) is 14.8. The van der Waals surface area contributed by atoms with Gasteiger partial charge in [0.15, 0.2) is 0 Å². The number of carbonyl (C=O) groups is 1. The topological polar surface area (TPSA) is 52.6 Å². The van der Waals surface area contributed by atoms with Gasteiger partial charge in [0.25, 0.3) is 0 Å². The van der Waals surface area contributed by atoms with Gasteiger partial charge in [-0.15, -0.1) is 0 Å². The molecule has 116 valence electrons. The van der Waals surface area contributed by atoms with E-state index in [-0.39, 0.29) is 0 Å². The number of hydrogen-bond acceptors (Lipinski definition) is 3. The molecular weight excluding hydrogens is 252 g/mol. The third-order valence-electron chi connectivity index (χ3n) is 5.18. The van der Waals surface area contributed by atoms with Gasteiger partial charge in [-0.1, -0.05) is 26.7 Å². The van der Waals surface area contributed by atoms with Crippen LogP contribution in [0.4, 0.5) is 0 Å². The fraction of sp³-hybridized carbons (Fsp3) is 0.938. The van der Waals surface area contributed by atoms with Crippen LogP contribution in [0.1, 0.15) is 52.4 Å². The number of carboxylic acid groups (broad SMARTS) is 1. The van der Waals surface area contributed by atoms with Gasteiger partial charge in [-0.2, -0.15) is 0 Å². The maximum atomic E-state index is 11.9. The summed E-state index contributed by atoms with van der Waals surface area (Å²) in [4.78, 5) is 14.2. The minimum atomic E-state index is -0.732. The third-order valence-corrected chi connectivity index (χ3v) is 5.18. The van der Waals surface area contributed by atoms with Crippen molar-refractivity contribution in [2.75, 3.05) is 20.1 Å². The van der Waals surface area contributed by atoms with Crippen molar-refractivity contribution >= 4 is 5.97 Å². The van der Waals surface area contributed by atoms with Gasteiger partial charge in [-0.25, -0.2) is 0 Å². The smallest absolute Gasteiger partial charge is 0.325 e. The van der Waals surface area contributed by atoms with Gasteiger partial charge in [0.05, 0.1) is 0 Å². The molecule has 0 aromatic rings. The molecule has 0 radical (unpaired) electrons. The second kappa shape index (κ2) is 6.44. The number of aliphatic carboxylic acids is 1. The fourth-order valence-electron chi connectivity index (χ4n) is 3.86. The van der Waals surface area contributed by atoms with Crippen molar-refractivity contribution in [3.05, 3.63) is 0 Å². The summed E-state index contributed by atoms with van der Waals surface area (Å²) in [6.45, 7) is 5.67. The Morgan fingerprint density at radius 1 is 1.35 bits per heavy atom. The Labute approximate surface area is 122 Å². The Hall–Kier alpha value is -0.610. The number of nitrogens with zero attached hydrogens (tertiary/aromatic N) is 1. The van der Waals surface area contributed by atoms with Crippen molar-refractivity contribution in [3.63, 3.8) is 0 Å². The van der Waals surface area contributed by atoms with Crippen LogP contribution in [0, 0.1) is 11.8 Å². The van der Waals surface area contributed by atoms with Gasteiger partial charge >= 0.3 is 5.97 Å². The van der Waals surface area contributed by atoms with Crippen LogP contribution in [-0.2, 0) is 4.79 Å². The maximum Gasteiger partial charge on any atom is 0.325 e. The molecule has 0 aromatic heterocycles. The molecule has 20 heavy (non-hydrogen) atoms. The average molecular weight is 282 g/mol. The van der Waals surface area contributed by atoms with E-state index >= 15 is 0 Å². The highest BCUT2D eigenvalue weighted by Crippen LogP contribution is 2.41. The van der Waals surface area contributed by atoms with Gasteiger partial charge in [-0.05, 0) is 51.1 Å². The molecule has 0 aliphatic heterocycles. The van der Waals surface area contributed by atoms with E-state index in [0.29, 0.717) is 18.5 Å². The van der Waals surface area contributed by atoms with E-state index in [1.807, 2.05) is 6.92 Å². The number of likely N-dealkylation sites (N-methyl/N-ethyl adjacent to an activating group) is 2. The summed E-state index contributed by atoms with van der Waals surface area (Å²) in [5, 5.41) is 13.1. The Balaban J connectivity index is 2.04. The van der Waals surface area contributed by atoms with Crippen molar-refractivity contribution in [2.45, 2.75) is 64.0 Å². The van der Waals surface area contributed by atoms with Crippen molar-refractivity contribution in [3.8, 4) is 0 Å². The van der Waals surface area contributed by atoms with Crippen LogP contribution in [0.5, 0.6) is 0 Å². The number of rotatable bonds is 7. The molecular formula is C16H30N2O2. The van der Waals surface area contributed by atoms with E-state index < -0.39 is 11.5 Å². The lowest BCUT2D eigenvalue weighted by Gasteiger charge is -2.40. The molecule has 2 rings (SSSR count). The lowest BCUT2D eigenvalue weighted by molar-refractivity contribution is -0.147. The van der Waals surface area contributed by atoms with E-state index in [2.05, 4.69) is 24.2 Å². The normalized spacial score (nSPS) is 30.2. The summed E-state index contributed by atoms with van der Waals surface area (Å²) >= 11 is 0. The first-order chi connectivity index (χ1) is 9.49. The largest absolute Gasteiger partial charge is 0.480 e. The predicted octanol–water partition coefficient (Wildman–Crippen LogP) is 2.34. The Bertz CT molecular complexity index is 343. The van der Waals surface area contributed by atoms with Gasteiger partial charge in [0, 0.05) is 12.6 Å². The summed E-state index contributed by atoms with van der Waals surface area (Å²) in [7, 11) is 2.11. The second-order valence-electron chi connectivity index (χ2n) is 6.92. The predicted molar refractivity (Wildman–Crippen MR) is 80.8 cm³/mol. The first-order valence-corrected chi connectivity index (χ1v) is 8.18. The molecule has 2 saturated carbocycles. The molecule has 0 aromatic carbocycles. The van der Waals surface area contributed by atoms with E-state index in [1.165, 1.54) is 25.7 Å². The van der Waals surface area contributed by atoms with Crippen LogP contribution < -0.4 is 5.32 Å². The van der Waals surface area contributed by atoms with E-state index in [1.54, 1.807) is 0 Å². The standard InChI is InChI=1S/C16H30N2O2/c1-4-17-16(15(19)20,13-8-9-13)11-18(3)14-7-5-6-12(2)10-14/h12-14,17H,4-11H2,1-3H3,(H,19,20). The second-order valence-corrected chi connectivity index (χ2v) is 6.92. The van der Waals surface area contributed by atoms with Crippen LogP contribution in [0.3, 0.4) is 0 Å². The van der Waals surface area contributed by atoms with E-state index in [0.717, 1.165) is 25.3 Å². The molecule has 2 N–H and O–H groups in total. The average Bonchev–Trinajstić information content (AvgIpc) is 3.22. The van der Waals surface area contributed by atoms with Crippen molar-refractivity contribution in [2.24, 2.45) is 11.8 Å². The maximum absolute atomic E-state index is 11.9. The van der Waals surface area contributed by atoms with Gasteiger partial charge in [0.1, 0.15) is 5.54 Å². The molecule has 0 amide bonds. The molecule has 2 aliphatic carbocycles. The number of nitrogens with one attached hydrogen (secondary N) is 1. The van der Waals surface area contributed by atoms with Crippen LogP contribution >= 0.6 is 0 Å². The highest BCUT2D eigenvalue weighted by molar-refractivity contribution is 5.80. The number of hydrogen-bond donors (Lipinski definition) is 2. The molecule has 2 aliphatic rings. The molecule has 0 spiro atoms. The summed E-state index contributed by atoms with van der Waals surface area (Å²) in [6.07, 6.45) is 7.13. The van der Waals surface area contributed by atoms with Crippen LogP contribution in [-0.4, -0.2) is 47.7 Å². The quantitative estimate of drug-likeness (QED) is 0.752. The first kappa shape index (κ1) is 15.8. The zero-order valence-corrected chi connectivity index (χ0v) is 13.2. The summed E-state index contributed by atoms with van der Waals surface area (Å²) < 4.78 is 0. The minimum Gasteiger partial charge on any atom is -0.480 e. The lowest BCUT2D eigenvalue weighted by atomic mass is 9.85. The van der Waals surface area contributed by atoms with Crippen LogP contribution in [0.15, 0.2) is 0 Å². The minimum absolute atomic E-state index is 0.309. The Kier molecular flexibility index (Phi) is 5.08. The molecule has 3 unspecified atom stereocenters. The summed E-state index contributed by atoms with van der Waals surface area (Å²) in [5.74, 6) is 0.413. The fourth-order valence-corrected chi connectivity index (χ4v) is 3.86. The molecule has 0 bridgehead atoms. The SMILES string of the molecule is CCNC(CN(C)C1CCCC(C)C1)(C(=O)O)C1CC1. The highest BCUT2D eigenvalue weighted by Gasteiger charge is 2.51. The monoisotopic (exact) mass is 282 g/mol. The number of carboxylic acids is 1. The van der Waals surface area contributed by atoms with Gasteiger partial charge in [-0.3, -0.25) is 4.79 Å². The van der Waals surface area contributed by atoms with E-state index in [9.17, 15) is 9.90 Å². The van der Waals surface area contributed by atoms with E-state index in [4.69, 9.17) is 0 Å². The van der Waals surface area contributed by atoms with Crippen molar-refractivity contribution in [1.82, 2.24) is 10.2 Å². The molecule has 0 saturated heterocycles. The Morgan fingerprint density at radius 3 is 2.55 bits per heavy atom. The Morgan fingerprint density at radius 2 is 2.05 bits per heavy atom. The van der Waals surface area contributed by atoms with Gasteiger partial charge in [0.2, 0.25) is 0 Å². The highest BCUT2D eigenvalue weighted by atomic mass is 16.4. The molecule has 3 atom stereocenters. The summed E-state index contributed by atoms with van der Waals surface area (Å²) in [5.41, 5.74) is -0.732. The zero-order valence-electron chi connectivity index (χ0n) is 13.2. The van der Waals surface area contributed by atoms with Crippen molar-refractivity contribution < 1.29 is 9.90 Å². The van der Waals surface area contributed by atoms with Crippen molar-refractivity contribution in [1.29, 1.82) is 0 Å². The first-order valence-electron chi connectivity index (χ1n) is 8.18. The summed E-state index contributed by atoms with van der Waals surface area (Å²) in [6, 6.07) is 0.551.